The fourth-order valence-corrected chi connectivity index (χ4v) is 4.84. The van der Waals surface area contributed by atoms with Gasteiger partial charge in [0.2, 0.25) is 0 Å². The van der Waals surface area contributed by atoms with Gasteiger partial charge in [-0.25, -0.2) is 8.42 Å². The van der Waals surface area contributed by atoms with Gasteiger partial charge in [0.15, 0.2) is 0 Å². The van der Waals surface area contributed by atoms with E-state index < -0.39 is 10.0 Å². The lowest BCUT2D eigenvalue weighted by molar-refractivity contribution is 0.393. The Labute approximate surface area is 114 Å². The van der Waals surface area contributed by atoms with Crippen LogP contribution in [0.5, 0.6) is 0 Å². The zero-order valence-electron chi connectivity index (χ0n) is 10.7. The topological polar surface area (TPSA) is 37.4 Å². The van der Waals surface area contributed by atoms with E-state index in [2.05, 4.69) is 6.08 Å². The molecule has 0 radical (unpaired) electrons. The Morgan fingerprint density at radius 2 is 1.84 bits per heavy atom. The summed E-state index contributed by atoms with van der Waals surface area (Å²) in [5, 5.41) is 0. The lowest BCUT2D eigenvalue weighted by Crippen LogP contribution is -2.32. The molecule has 4 rings (SSSR count). The van der Waals surface area contributed by atoms with Crippen molar-refractivity contribution in [3.63, 3.8) is 0 Å². The van der Waals surface area contributed by atoms with Gasteiger partial charge in [-0.05, 0) is 48.6 Å². The van der Waals surface area contributed by atoms with Gasteiger partial charge < -0.3 is 0 Å². The van der Waals surface area contributed by atoms with Gasteiger partial charge in [-0.15, -0.1) is 0 Å². The summed E-state index contributed by atoms with van der Waals surface area (Å²) in [6.07, 6.45) is 7.80. The highest BCUT2D eigenvalue weighted by molar-refractivity contribution is 7.89. The molecule has 2 atom stereocenters. The van der Waals surface area contributed by atoms with Crippen molar-refractivity contribution in [1.29, 1.82) is 0 Å². The quantitative estimate of drug-likeness (QED) is 0.850. The van der Waals surface area contributed by atoms with Crippen LogP contribution in [0.15, 0.2) is 47.5 Å². The number of allylic oxidation sites excluding steroid dienone is 1. The third kappa shape index (κ3) is 1.66. The SMILES string of the molecule is O=S(=O)(c1ccccc1)N1C=CC2(C3CC3)CC2C1. The number of fused-ring (bicyclic) bond motifs is 1. The maximum Gasteiger partial charge on any atom is 0.263 e. The second-order valence-corrected chi connectivity index (χ2v) is 7.88. The first kappa shape index (κ1) is 11.5. The summed E-state index contributed by atoms with van der Waals surface area (Å²) in [6, 6.07) is 8.71. The lowest BCUT2D eigenvalue weighted by Gasteiger charge is -2.26. The average Bonchev–Trinajstić information content (AvgIpc) is 3.30. The van der Waals surface area contributed by atoms with Crippen molar-refractivity contribution in [3.05, 3.63) is 42.6 Å². The van der Waals surface area contributed by atoms with E-state index in [1.165, 1.54) is 23.6 Å². The van der Waals surface area contributed by atoms with Gasteiger partial charge in [0.25, 0.3) is 10.0 Å². The van der Waals surface area contributed by atoms with Crippen LogP contribution in [-0.4, -0.2) is 19.3 Å². The molecule has 1 aromatic carbocycles. The number of nitrogens with zero attached hydrogens (tertiary/aromatic N) is 1. The van der Waals surface area contributed by atoms with E-state index in [-0.39, 0.29) is 0 Å². The Kier molecular flexibility index (Phi) is 2.20. The van der Waals surface area contributed by atoms with Crippen LogP contribution in [0.25, 0.3) is 0 Å². The van der Waals surface area contributed by atoms with Crippen LogP contribution in [0.2, 0.25) is 0 Å². The largest absolute Gasteiger partial charge is 0.273 e. The van der Waals surface area contributed by atoms with Gasteiger partial charge in [-0.1, -0.05) is 24.3 Å². The standard InChI is InChI=1S/C15H17NO2S/c17-19(18,14-4-2-1-3-5-14)16-9-8-15(12-6-7-12)10-13(15)11-16/h1-5,8-9,12-13H,6-7,10-11H2. The van der Waals surface area contributed by atoms with Crippen LogP contribution in [0, 0.1) is 17.3 Å². The monoisotopic (exact) mass is 275 g/mol. The summed E-state index contributed by atoms with van der Waals surface area (Å²) in [5.74, 6) is 1.37. The summed E-state index contributed by atoms with van der Waals surface area (Å²) in [5.41, 5.74) is 0.364. The molecule has 1 aromatic rings. The molecule has 2 unspecified atom stereocenters. The molecule has 0 amide bonds. The third-order valence-corrected chi connectivity index (χ3v) is 6.59. The van der Waals surface area contributed by atoms with Gasteiger partial charge in [-0.3, -0.25) is 4.31 Å². The van der Waals surface area contributed by atoms with E-state index in [9.17, 15) is 8.42 Å². The third-order valence-electron chi connectivity index (χ3n) is 4.84. The van der Waals surface area contributed by atoms with Gasteiger partial charge in [0, 0.05) is 12.7 Å². The Hall–Kier alpha value is -1.29. The maximum atomic E-state index is 12.5. The Morgan fingerprint density at radius 3 is 2.47 bits per heavy atom. The number of hydrogen-bond acceptors (Lipinski definition) is 2. The molecular formula is C15H17NO2S. The smallest absolute Gasteiger partial charge is 0.263 e. The Bertz CT molecular complexity index is 633. The van der Waals surface area contributed by atoms with Gasteiger partial charge >= 0.3 is 0 Å². The van der Waals surface area contributed by atoms with Crippen molar-refractivity contribution in [2.45, 2.75) is 24.2 Å². The summed E-state index contributed by atoms with van der Waals surface area (Å²) in [7, 11) is -3.35. The zero-order valence-corrected chi connectivity index (χ0v) is 11.5. The number of rotatable bonds is 3. The van der Waals surface area contributed by atoms with Crippen LogP contribution in [0.4, 0.5) is 0 Å². The minimum absolute atomic E-state index is 0.364. The first-order chi connectivity index (χ1) is 9.13. The summed E-state index contributed by atoms with van der Waals surface area (Å²) < 4.78 is 26.6. The summed E-state index contributed by atoms with van der Waals surface area (Å²) in [6.45, 7) is 0.657. The van der Waals surface area contributed by atoms with E-state index in [0.717, 1.165) is 5.92 Å². The molecule has 1 aliphatic heterocycles. The maximum absolute atomic E-state index is 12.5. The van der Waals surface area contributed by atoms with Crippen molar-refractivity contribution in [2.24, 2.45) is 17.3 Å². The number of hydrogen-bond donors (Lipinski definition) is 0. The lowest BCUT2D eigenvalue weighted by atomic mass is 9.95. The van der Waals surface area contributed by atoms with E-state index in [4.69, 9.17) is 0 Å². The van der Waals surface area contributed by atoms with Crippen molar-refractivity contribution in [1.82, 2.24) is 4.31 Å². The van der Waals surface area contributed by atoms with E-state index in [1.54, 1.807) is 24.3 Å². The molecule has 1 heterocycles. The van der Waals surface area contributed by atoms with Crippen LogP contribution in [0.3, 0.4) is 0 Å². The number of benzene rings is 1. The van der Waals surface area contributed by atoms with Crippen LogP contribution in [0.1, 0.15) is 19.3 Å². The molecule has 2 fully saturated rings. The first-order valence-corrected chi connectivity index (χ1v) is 8.33. The normalized spacial score (nSPS) is 33.1. The van der Waals surface area contributed by atoms with Crippen molar-refractivity contribution in [3.8, 4) is 0 Å². The summed E-state index contributed by atoms with van der Waals surface area (Å²) in [4.78, 5) is 0.388. The molecule has 0 saturated heterocycles. The molecule has 2 aliphatic carbocycles. The molecule has 0 spiro atoms. The zero-order chi connectivity index (χ0) is 13.1. The highest BCUT2D eigenvalue weighted by atomic mass is 32.2. The molecule has 19 heavy (non-hydrogen) atoms. The minimum Gasteiger partial charge on any atom is -0.273 e. The highest BCUT2D eigenvalue weighted by Crippen LogP contribution is 2.67. The first-order valence-electron chi connectivity index (χ1n) is 6.89. The highest BCUT2D eigenvalue weighted by Gasteiger charge is 2.62. The predicted octanol–water partition coefficient (Wildman–Crippen LogP) is 2.62. The summed E-state index contributed by atoms with van der Waals surface area (Å²) >= 11 is 0. The Balaban J connectivity index is 1.63. The van der Waals surface area contributed by atoms with Crippen molar-refractivity contribution >= 4 is 10.0 Å². The molecule has 0 N–H and O–H groups in total. The van der Waals surface area contributed by atoms with E-state index in [1.807, 2.05) is 12.3 Å². The molecule has 3 aliphatic rings. The van der Waals surface area contributed by atoms with Crippen molar-refractivity contribution in [2.75, 3.05) is 6.54 Å². The molecule has 0 bridgehead atoms. The molecule has 3 nitrogen and oxygen atoms in total. The van der Waals surface area contributed by atoms with Gasteiger partial charge in [0.05, 0.1) is 4.90 Å². The molecule has 4 heteroatoms. The average molecular weight is 275 g/mol. The van der Waals surface area contributed by atoms with Crippen molar-refractivity contribution < 1.29 is 8.42 Å². The second-order valence-electron chi connectivity index (χ2n) is 5.99. The van der Waals surface area contributed by atoms with Crippen LogP contribution >= 0.6 is 0 Å². The molecular weight excluding hydrogens is 258 g/mol. The van der Waals surface area contributed by atoms with E-state index in [0.29, 0.717) is 22.8 Å². The number of sulfonamides is 1. The Morgan fingerprint density at radius 1 is 1.11 bits per heavy atom. The minimum atomic E-state index is -3.35. The molecule has 0 aromatic heterocycles. The van der Waals surface area contributed by atoms with Gasteiger partial charge in [-0.2, -0.15) is 0 Å². The fourth-order valence-electron chi connectivity index (χ4n) is 3.47. The second kappa shape index (κ2) is 3.63. The van der Waals surface area contributed by atoms with E-state index >= 15 is 0 Å². The van der Waals surface area contributed by atoms with Gasteiger partial charge in [0.1, 0.15) is 0 Å². The van der Waals surface area contributed by atoms with Crippen LogP contribution < -0.4 is 0 Å². The predicted molar refractivity (Wildman–Crippen MR) is 72.7 cm³/mol. The van der Waals surface area contributed by atoms with Crippen LogP contribution in [-0.2, 0) is 10.0 Å². The molecule has 2 saturated carbocycles. The fraction of sp³-hybridized carbons (Fsp3) is 0.467. The molecule has 100 valence electrons.